The highest BCUT2D eigenvalue weighted by atomic mass is 35.5. The second-order valence-corrected chi connectivity index (χ2v) is 9.72. The van der Waals surface area contributed by atoms with E-state index in [4.69, 9.17) is 11.6 Å². The first-order chi connectivity index (χ1) is 11.1. The summed E-state index contributed by atoms with van der Waals surface area (Å²) in [5.41, 5.74) is 0.377. The zero-order chi connectivity index (χ0) is 18.0. The molecule has 24 heavy (non-hydrogen) atoms. The summed E-state index contributed by atoms with van der Waals surface area (Å²) in [5, 5.41) is 3.52. The highest BCUT2D eigenvalue weighted by Gasteiger charge is 2.33. The normalized spacial score (nSPS) is 19.9. The van der Waals surface area contributed by atoms with Gasteiger partial charge in [0.2, 0.25) is 15.9 Å². The molecule has 0 aromatic heterocycles. The molecule has 1 aromatic carbocycles. The summed E-state index contributed by atoms with van der Waals surface area (Å²) in [6, 6.07) is 6.80. The molecule has 1 aromatic rings. The first-order valence-electron chi connectivity index (χ1n) is 8.11. The first kappa shape index (κ1) is 19.2. The topological polar surface area (TPSA) is 66.5 Å². The van der Waals surface area contributed by atoms with E-state index in [0.29, 0.717) is 23.6 Å². The Morgan fingerprint density at radius 2 is 1.92 bits per heavy atom. The van der Waals surface area contributed by atoms with Crippen LogP contribution in [0.15, 0.2) is 24.3 Å². The van der Waals surface area contributed by atoms with Gasteiger partial charge >= 0.3 is 0 Å². The van der Waals surface area contributed by atoms with E-state index >= 15 is 0 Å². The number of carbonyl (C=O) groups excluding carboxylic acids is 1. The number of amides is 1. The second kappa shape index (κ2) is 7.42. The average molecular weight is 373 g/mol. The SMILES string of the molecule is CC(C)(C)NC(=O)[C@H]1CCCN(S(=O)(=O)Cc2ccc(Cl)cc2)C1. The van der Waals surface area contributed by atoms with Crippen LogP contribution in [0.5, 0.6) is 0 Å². The number of hydrogen-bond acceptors (Lipinski definition) is 3. The van der Waals surface area contributed by atoms with Gasteiger partial charge in [-0.2, -0.15) is 0 Å². The average Bonchev–Trinajstić information content (AvgIpc) is 2.48. The predicted molar refractivity (Wildman–Crippen MR) is 96.3 cm³/mol. The minimum Gasteiger partial charge on any atom is -0.351 e. The van der Waals surface area contributed by atoms with Crippen LogP contribution < -0.4 is 5.32 Å². The van der Waals surface area contributed by atoms with Gasteiger partial charge in [0.05, 0.1) is 11.7 Å². The number of rotatable bonds is 4. The van der Waals surface area contributed by atoms with Crippen LogP contribution in [0.4, 0.5) is 0 Å². The Morgan fingerprint density at radius 1 is 1.29 bits per heavy atom. The van der Waals surface area contributed by atoms with E-state index in [1.807, 2.05) is 20.8 Å². The van der Waals surface area contributed by atoms with Crippen molar-refractivity contribution in [3.63, 3.8) is 0 Å². The van der Waals surface area contributed by atoms with Crippen molar-refractivity contribution >= 4 is 27.5 Å². The Morgan fingerprint density at radius 3 is 2.50 bits per heavy atom. The lowest BCUT2D eigenvalue weighted by Crippen LogP contribution is -2.49. The lowest BCUT2D eigenvalue weighted by atomic mass is 9.97. The fraction of sp³-hybridized carbons (Fsp3) is 0.588. The quantitative estimate of drug-likeness (QED) is 0.883. The van der Waals surface area contributed by atoms with E-state index in [2.05, 4.69) is 5.32 Å². The lowest BCUT2D eigenvalue weighted by molar-refractivity contribution is -0.127. The van der Waals surface area contributed by atoms with E-state index in [1.165, 1.54) is 4.31 Å². The molecule has 0 unspecified atom stereocenters. The molecular weight excluding hydrogens is 348 g/mol. The third kappa shape index (κ3) is 5.46. The van der Waals surface area contributed by atoms with Gasteiger partial charge in [0.1, 0.15) is 0 Å². The highest BCUT2D eigenvalue weighted by molar-refractivity contribution is 7.88. The van der Waals surface area contributed by atoms with Crippen LogP contribution in [0.25, 0.3) is 0 Å². The third-order valence-corrected chi connectivity index (χ3v) is 5.98. The Kier molecular flexibility index (Phi) is 5.94. The molecule has 2 rings (SSSR count). The molecule has 1 aliphatic heterocycles. The van der Waals surface area contributed by atoms with Crippen LogP contribution >= 0.6 is 11.6 Å². The Hall–Kier alpha value is -1.11. The maximum Gasteiger partial charge on any atom is 0.224 e. The number of sulfonamides is 1. The van der Waals surface area contributed by atoms with Gasteiger partial charge in [-0.05, 0) is 51.3 Å². The van der Waals surface area contributed by atoms with Crippen molar-refractivity contribution in [2.75, 3.05) is 13.1 Å². The van der Waals surface area contributed by atoms with Crippen molar-refractivity contribution in [1.82, 2.24) is 9.62 Å². The van der Waals surface area contributed by atoms with Gasteiger partial charge in [-0.25, -0.2) is 12.7 Å². The molecule has 0 spiro atoms. The van der Waals surface area contributed by atoms with E-state index in [0.717, 1.165) is 6.42 Å². The van der Waals surface area contributed by atoms with Crippen LogP contribution in [-0.4, -0.2) is 37.3 Å². The van der Waals surface area contributed by atoms with Crippen molar-refractivity contribution in [3.8, 4) is 0 Å². The minimum absolute atomic E-state index is 0.0716. The molecule has 1 atom stereocenters. The van der Waals surface area contributed by atoms with Crippen LogP contribution in [0.3, 0.4) is 0 Å². The van der Waals surface area contributed by atoms with Crippen LogP contribution in [-0.2, 0) is 20.6 Å². The zero-order valence-electron chi connectivity index (χ0n) is 14.4. The minimum atomic E-state index is -3.45. The van der Waals surface area contributed by atoms with Gasteiger partial charge in [0.15, 0.2) is 0 Å². The van der Waals surface area contributed by atoms with E-state index in [1.54, 1.807) is 24.3 Å². The Balaban J connectivity index is 2.04. The van der Waals surface area contributed by atoms with Crippen molar-refractivity contribution in [2.24, 2.45) is 5.92 Å². The van der Waals surface area contributed by atoms with E-state index in [9.17, 15) is 13.2 Å². The third-order valence-electron chi connectivity index (χ3n) is 3.91. The molecule has 0 aliphatic carbocycles. The van der Waals surface area contributed by atoms with Gasteiger partial charge in [-0.3, -0.25) is 4.79 Å². The molecule has 5 nitrogen and oxygen atoms in total. The summed E-state index contributed by atoms with van der Waals surface area (Å²) in [5.74, 6) is -0.440. The molecule has 7 heteroatoms. The van der Waals surface area contributed by atoms with Crippen molar-refractivity contribution < 1.29 is 13.2 Å². The van der Waals surface area contributed by atoms with E-state index in [-0.39, 0.29) is 29.7 Å². The van der Waals surface area contributed by atoms with Gasteiger partial charge in [-0.15, -0.1) is 0 Å². The number of hydrogen-bond donors (Lipinski definition) is 1. The smallest absolute Gasteiger partial charge is 0.224 e. The summed E-state index contributed by atoms with van der Waals surface area (Å²) in [4.78, 5) is 12.3. The highest BCUT2D eigenvalue weighted by Crippen LogP contribution is 2.22. The molecule has 1 saturated heterocycles. The van der Waals surface area contributed by atoms with Gasteiger partial charge in [-0.1, -0.05) is 23.7 Å². The zero-order valence-corrected chi connectivity index (χ0v) is 16.0. The molecule has 0 radical (unpaired) electrons. The fourth-order valence-electron chi connectivity index (χ4n) is 2.76. The van der Waals surface area contributed by atoms with Crippen LogP contribution in [0, 0.1) is 5.92 Å². The van der Waals surface area contributed by atoms with Crippen molar-refractivity contribution in [1.29, 1.82) is 0 Å². The predicted octanol–water partition coefficient (Wildman–Crippen LogP) is 2.80. The number of benzene rings is 1. The second-order valence-electron chi connectivity index (χ2n) is 7.32. The molecule has 1 N–H and O–H groups in total. The van der Waals surface area contributed by atoms with Crippen molar-refractivity contribution in [2.45, 2.75) is 44.9 Å². The van der Waals surface area contributed by atoms with Gasteiger partial charge in [0, 0.05) is 23.7 Å². The summed E-state index contributed by atoms with van der Waals surface area (Å²) in [6.45, 7) is 6.47. The molecule has 0 bridgehead atoms. The summed E-state index contributed by atoms with van der Waals surface area (Å²) >= 11 is 5.83. The summed E-state index contributed by atoms with van der Waals surface area (Å²) in [7, 11) is -3.45. The Bertz CT molecular complexity index is 681. The number of nitrogens with one attached hydrogen (secondary N) is 1. The molecule has 1 heterocycles. The van der Waals surface area contributed by atoms with Crippen molar-refractivity contribution in [3.05, 3.63) is 34.9 Å². The standard InChI is InChI=1S/C17H25ClN2O3S/c1-17(2,3)19-16(21)14-5-4-10-20(11-14)24(22,23)12-13-6-8-15(18)9-7-13/h6-9,14H,4-5,10-12H2,1-3H3,(H,19,21)/t14-/m0/s1. The molecule has 134 valence electrons. The molecular formula is C17H25ClN2O3S. The number of piperidine rings is 1. The van der Waals surface area contributed by atoms with Crippen LogP contribution in [0.1, 0.15) is 39.2 Å². The number of nitrogens with zero attached hydrogens (tertiary/aromatic N) is 1. The monoisotopic (exact) mass is 372 g/mol. The van der Waals surface area contributed by atoms with Gasteiger partial charge < -0.3 is 5.32 Å². The van der Waals surface area contributed by atoms with Gasteiger partial charge in [0.25, 0.3) is 0 Å². The first-order valence-corrected chi connectivity index (χ1v) is 10.1. The largest absolute Gasteiger partial charge is 0.351 e. The molecule has 1 aliphatic rings. The van der Waals surface area contributed by atoms with Crippen LogP contribution in [0.2, 0.25) is 5.02 Å². The van der Waals surface area contributed by atoms with E-state index < -0.39 is 10.0 Å². The summed E-state index contributed by atoms with van der Waals surface area (Å²) < 4.78 is 26.8. The molecule has 0 saturated carbocycles. The lowest BCUT2D eigenvalue weighted by Gasteiger charge is -2.33. The number of carbonyl (C=O) groups is 1. The Labute approximate surface area is 149 Å². The maximum absolute atomic E-state index is 12.7. The molecule has 1 fully saturated rings. The number of halogens is 1. The summed E-state index contributed by atoms with van der Waals surface area (Å²) in [6.07, 6.45) is 1.41. The maximum atomic E-state index is 12.7. The molecule has 1 amide bonds. The fourth-order valence-corrected chi connectivity index (χ4v) is 4.50.